The topological polar surface area (TPSA) is 122 Å². The summed E-state index contributed by atoms with van der Waals surface area (Å²) in [6, 6.07) is 14.2. The first-order valence-corrected chi connectivity index (χ1v) is 11.2. The number of ether oxygens (including phenoxy) is 1. The van der Waals surface area contributed by atoms with E-state index in [9.17, 15) is 13.2 Å². The van der Waals surface area contributed by atoms with Crippen molar-refractivity contribution in [2.24, 2.45) is 10.2 Å². The Bertz CT molecular complexity index is 1350. The van der Waals surface area contributed by atoms with E-state index in [0.29, 0.717) is 23.1 Å². The molecular weight excluding hydrogens is 499 g/mol. The summed E-state index contributed by atoms with van der Waals surface area (Å²) < 4.78 is 41.9. The summed E-state index contributed by atoms with van der Waals surface area (Å²) in [4.78, 5) is 16.7. The molecule has 0 unspecified atom stereocenters. The largest absolute Gasteiger partial charge is 0.573 e. The van der Waals surface area contributed by atoms with Gasteiger partial charge in [0, 0.05) is 53.7 Å². The molecule has 1 aromatic carbocycles. The maximum Gasteiger partial charge on any atom is 0.573 e. The van der Waals surface area contributed by atoms with Gasteiger partial charge in [-0.3, -0.25) is 20.8 Å². The lowest BCUT2D eigenvalue weighted by atomic mass is 10.2. The first-order valence-electron chi connectivity index (χ1n) is 11.2. The fourth-order valence-electron chi connectivity index (χ4n) is 3.12. The third-order valence-corrected chi connectivity index (χ3v) is 4.92. The van der Waals surface area contributed by atoms with E-state index in [-0.39, 0.29) is 17.4 Å². The van der Waals surface area contributed by atoms with Crippen molar-refractivity contribution in [1.82, 2.24) is 19.9 Å². The molecule has 0 aliphatic rings. The van der Waals surface area contributed by atoms with Crippen molar-refractivity contribution in [1.29, 1.82) is 0 Å². The van der Waals surface area contributed by atoms with E-state index in [1.807, 2.05) is 38.1 Å². The Morgan fingerprint density at radius 2 is 1.29 bits per heavy atom. The molecule has 0 atom stereocenters. The highest BCUT2D eigenvalue weighted by Crippen LogP contribution is 2.26. The summed E-state index contributed by atoms with van der Waals surface area (Å²) in [5, 5.41) is 11.6. The smallest absolute Gasteiger partial charge is 0.406 e. The Morgan fingerprint density at radius 3 is 1.79 bits per heavy atom. The monoisotopic (exact) mass is 521 g/mol. The lowest BCUT2D eigenvalue weighted by Crippen LogP contribution is -2.17. The Morgan fingerprint density at radius 1 is 0.763 bits per heavy atom. The van der Waals surface area contributed by atoms with Gasteiger partial charge in [0.2, 0.25) is 5.95 Å². The second kappa shape index (κ2) is 11.8. The average molecular weight is 522 g/mol. The predicted molar refractivity (Wildman–Crippen MR) is 139 cm³/mol. The molecule has 0 radical (unpaired) electrons. The van der Waals surface area contributed by atoms with Gasteiger partial charge in [-0.2, -0.15) is 20.2 Å². The van der Waals surface area contributed by atoms with Crippen LogP contribution >= 0.6 is 0 Å². The van der Waals surface area contributed by atoms with E-state index in [2.05, 4.69) is 51.0 Å². The molecule has 4 rings (SSSR count). The molecule has 0 aliphatic heterocycles. The maximum atomic E-state index is 12.6. The molecule has 0 bridgehead atoms. The molecule has 3 N–H and O–H groups in total. The van der Waals surface area contributed by atoms with Gasteiger partial charge < -0.3 is 10.1 Å². The summed E-state index contributed by atoms with van der Waals surface area (Å²) in [7, 11) is 0. The van der Waals surface area contributed by atoms with Crippen molar-refractivity contribution < 1.29 is 17.9 Å². The number of rotatable bonds is 9. The standard InChI is InChI=1S/C25H22F3N9O/c1-16(18-6-10-29-11-7-18)34-36-22-15-23(37-35-17(2)19-8-12-30-13-9-19)33-24(32-22)31-20-4-3-5-21(14-20)38-25(26,27)28/h3-15H,1-2H3,(H3,31,32,33,36,37). The molecule has 0 spiro atoms. The summed E-state index contributed by atoms with van der Waals surface area (Å²) in [6.07, 6.45) is 1.81. The number of nitrogens with zero attached hydrogens (tertiary/aromatic N) is 6. The quantitative estimate of drug-likeness (QED) is 0.193. The van der Waals surface area contributed by atoms with E-state index in [1.165, 1.54) is 18.2 Å². The van der Waals surface area contributed by atoms with Crippen LogP contribution in [0.1, 0.15) is 25.0 Å². The van der Waals surface area contributed by atoms with Gasteiger partial charge in [-0.15, -0.1) is 13.2 Å². The van der Waals surface area contributed by atoms with Crippen molar-refractivity contribution >= 4 is 34.7 Å². The van der Waals surface area contributed by atoms with Crippen LogP contribution in [0, 0.1) is 0 Å². The zero-order valence-electron chi connectivity index (χ0n) is 20.2. The van der Waals surface area contributed by atoms with Gasteiger partial charge >= 0.3 is 6.36 Å². The molecule has 0 amide bonds. The Labute approximate surface area is 215 Å². The number of aromatic nitrogens is 4. The molecular formula is C25H22F3N9O. The number of hydrazone groups is 2. The van der Waals surface area contributed by atoms with E-state index in [4.69, 9.17) is 0 Å². The highest BCUT2D eigenvalue weighted by Gasteiger charge is 2.31. The van der Waals surface area contributed by atoms with Crippen molar-refractivity contribution in [3.8, 4) is 5.75 Å². The number of benzene rings is 1. The van der Waals surface area contributed by atoms with Gasteiger partial charge in [0.25, 0.3) is 0 Å². The predicted octanol–water partition coefficient (Wildman–Crippen LogP) is 5.58. The first-order chi connectivity index (χ1) is 18.2. The van der Waals surface area contributed by atoms with Crippen LogP contribution in [0.5, 0.6) is 5.75 Å². The highest BCUT2D eigenvalue weighted by molar-refractivity contribution is 5.99. The normalized spacial score (nSPS) is 12.1. The average Bonchev–Trinajstić information content (AvgIpc) is 2.90. The molecule has 3 aromatic heterocycles. The first kappa shape index (κ1) is 26.0. The minimum absolute atomic E-state index is 0.0789. The fraction of sp³-hybridized carbons (Fsp3) is 0.120. The SMILES string of the molecule is CC(=NNc1cc(NN=C(C)c2ccncc2)nc(Nc2cccc(OC(F)(F)F)c2)n1)c1ccncc1. The van der Waals surface area contributed by atoms with Crippen molar-refractivity contribution in [3.63, 3.8) is 0 Å². The second-order valence-electron chi connectivity index (χ2n) is 7.75. The van der Waals surface area contributed by atoms with E-state index in [0.717, 1.165) is 11.1 Å². The minimum atomic E-state index is -4.81. The lowest BCUT2D eigenvalue weighted by molar-refractivity contribution is -0.274. The van der Waals surface area contributed by atoms with Gasteiger partial charge in [0.05, 0.1) is 11.4 Å². The summed E-state index contributed by atoms with van der Waals surface area (Å²) in [5.41, 5.74) is 9.11. The van der Waals surface area contributed by atoms with Crippen molar-refractivity contribution in [3.05, 3.63) is 90.5 Å². The van der Waals surface area contributed by atoms with Crippen LogP contribution in [0.4, 0.5) is 36.4 Å². The Hall–Kier alpha value is -5.07. The molecule has 0 fully saturated rings. The summed E-state index contributed by atoms with van der Waals surface area (Å²) in [6.45, 7) is 3.63. The number of hydrogen-bond acceptors (Lipinski definition) is 10. The van der Waals surface area contributed by atoms with Crippen molar-refractivity contribution in [2.75, 3.05) is 16.2 Å². The van der Waals surface area contributed by atoms with Crippen molar-refractivity contribution in [2.45, 2.75) is 20.2 Å². The third-order valence-electron chi connectivity index (χ3n) is 4.92. The number of nitrogens with one attached hydrogen (secondary N) is 3. The van der Waals surface area contributed by atoms with Gasteiger partial charge in [0.15, 0.2) is 11.6 Å². The maximum absolute atomic E-state index is 12.6. The second-order valence-corrected chi connectivity index (χ2v) is 7.75. The molecule has 13 heteroatoms. The van der Waals surface area contributed by atoms with E-state index < -0.39 is 6.36 Å². The third kappa shape index (κ3) is 7.71. The van der Waals surface area contributed by atoms with Gasteiger partial charge in [0.1, 0.15) is 5.75 Å². The van der Waals surface area contributed by atoms with Gasteiger partial charge in [-0.1, -0.05) is 6.07 Å². The molecule has 38 heavy (non-hydrogen) atoms. The summed E-state index contributed by atoms with van der Waals surface area (Å²) >= 11 is 0. The van der Waals surface area contributed by atoms with Crippen LogP contribution in [0.2, 0.25) is 0 Å². The molecule has 4 aromatic rings. The van der Waals surface area contributed by atoms with E-state index >= 15 is 0 Å². The molecule has 3 heterocycles. The Balaban J connectivity index is 1.60. The number of pyridine rings is 2. The zero-order chi connectivity index (χ0) is 27.0. The molecule has 0 saturated heterocycles. The number of anilines is 4. The molecule has 0 aliphatic carbocycles. The number of hydrogen-bond donors (Lipinski definition) is 3. The van der Waals surface area contributed by atoms with Crippen LogP contribution in [0.25, 0.3) is 0 Å². The van der Waals surface area contributed by atoms with Gasteiger partial charge in [-0.05, 0) is 50.2 Å². The summed E-state index contributed by atoms with van der Waals surface area (Å²) in [5.74, 6) is 0.302. The highest BCUT2D eigenvalue weighted by atomic mass is 19.4. The van der Waals surface area contributed by atoms with Crippen LogP contribution in [0.3, 0.4) is 0 Å². The fourth-order valence-corrected chi connectivity index (χ4v) is 3.12. The lowest BCUT2D eigenvalue weighted by Gasteiger charge is -2.12. The molecule has 0 saturated carbocycles. The van der Waals surface area contributed by atoms with Crippen LogP contribution in [0.15, 0.2) is 89.6 Å². The van der Waals surface area contributed by atoms with Crippen LogP contribution in [-0.2, 0) is 0 Å². The number of alkyl halides is 3. The number of halogens is 3. The molecule has 194 valence electrons. The minimum Gasteiger partial charge on any atom is -0.406 e. The van der Waals surface area contributed by atoms with E-state index in [1.54, 1.807) is 36.9 Å². The zero-order valence-corrected chi connectivity index (χ0v) is 20.2. The Kier molecular flexibility index (Phi) is 8.06. The molecule has 10 nitrogen and oxygen atoms in total. The van der Waals surface area contributed by atoms with Crippen LogP contribution in [-0.4, -0.2) is 37.7 Å². The van der Waals surface area contributed by atoms with Crippen LogP contribution < -0.4 is 20.9 Å². The van der Waals surface area contributed by atoms with Gasteiger partial charge in [-0.25, -0.2) is 0 Å².